The Morgan fingerprint density at radius 3 is 2.86 bits per heavy atom. The number of piperidine rings is 1. The summed E-state index contributed by atoms with van der Waals surface area (Å²) in [6.07, 6.45) is 1.74. The second-order valence-corrected chi connectivity index (χ2v) is 7.09. The van der Waals surface area contributed by atoms with E-state index in [1.165, 1.54) is 0 Å². The van der Waals surface area contributed by atoms with Gasteiger partial charge in [-0.15, -0.1) is 0 Å². The number of urea groups is 1. The highest BCUT2D eigenvalue weighted by Gasteiger charge is 2.34. The topological polar surface area (TPSA) is 88.2 Å². The summed E-state index contributed by atoms with van der Waals surface area (Å²) in [7, 11) is 1.58. The van der Waals surface area contributed by atoms with Crippen molar-refractivity contribution in [1.82, 2.24) is 10.2 Å². The van der Waals surface area contributed by atoms with Gasteiger partial charge >= 0.3 is 12.0 Å². The Kier molecular flexibility index (Phi) is 6.38. The summed E-state index contributed by atoms with van der Waals surface area (Å²) >= 11 is 0. The van der Waals surface area contributed by atoms with Gasteiger partial charge in [-0.1, -0.05) is 6.07 Å². The summed E-state index contributed by atoms with van der Waals surface area (Å²) in [5.41, 5.74) is 0.751. The molecule has 152 valence electrons. The molecule has 8 heteroatoms. The molecule has 0 radical (unpaired) electrons. The number of carbonyl (C=O) groups excluding carboxylic acids is 3. The van der Waals surface area contributed by atoms with Gasteiger partial charge in [0, 0.05) is 37.8 Å². The minimum absolute atomic E-state index is 0.0402. The standard InChI is InChI=1S/C20H27N3O5/c1-3-28-19(25)14-6-5-9-22(12-14)20(26)21-15-10-18(24)23(13-15)16-7-4-8-17(11-16)27-2/h4,7-8,11,14-15H,3,5-6,9-10,12-13H2,1-2H3,(H,21,26)/t14-,15-/m1/s1. The van der Waals surface area contributed by atoms with Crippen LogP contribution in [0.4, 0.5) is 10.5 Å². The molecule has 1 aromatic carbocycles. The number of carbonyl (C=O) groups is 3. The van der Waals surface area contributed by atoms with Crippen molar-refractivity contribution in [3.05, 3.63) is 24.3 Å². The lowest BCUT2D eigenvalue weighted by molar-refractivity contribution is -0.149. The van der Waals surface area contributed by atoms with Crippen LogP contribution in [-0.2, 0) is 14.3 Å². The van der Waals surface area contributed by atoms with Crippen LogP contribution >= 0.6 is 0 Å². The Balaban J connectivity index is 1.57. The number of anilines is 1. The maximum atomic E-state index is 12.6. The lowest BCUT2D eigenvalue weighted by atomic mass is 9.98. The molecule has 2 fully saturated rings. The van der Waals surface area contributed by atoms with E-state index in [1.54, 1.807) is 29.9 Å². The summed E-state index contributed by atoms with van der Waals surface area (Å²) in [6, 6.07) is 6.79. The molecule has 2 aliphatic rings. The third-order valence-corrected chi connectivity index (χ3v) is 5.15. The zero-order valence-electron chi connectivity index (χ0n) is 16.3. The van der Waals surface area contributed by atoms with Gasteiger partial charge in [0.2, 0.25) is 5.91 Å². The lowest BCUT2D eigenvalue weighted by Gasteiger charge is -2.32. The maximum absolute atomic E-state index is 12.6. The molecular formula is C20H27N3O5. The van der Waals surface area contributed by atoms with E-state index in [0.717, 1.165) is 18.5 Å². The molecule has 3 amide bonds. The highest BCUT2D eigenvalue weighted by Crippen LogP contribution is 2.26. The molecule has 28 heavy (non-hydrogen) atoms. The van der Waals surface area contributed by atoms with Gasteiger partial charge in [0.15, 0.2) is 0 Å². The molecule has 8 nitrogen and oxygen atoms in total. The van der Waals surface area contributed by atoms with E-state index >= 15 is 0 Å². The molecule has 1 N–H and O–H groups in total. The van der Waals surface area contributed by atoms with Crippen LogP contribution in [0.3, 0.4) is 0 Å². The van der Waals surface area contributed by atoms with Gasteiger partial charge in [0.05, 0.1) is 25.7 Å². The molecule has 1 aromatic rings. The van der Waals surface area contributed by atoms with Crippen LogP contribution in [0.2, 0.25) is 0 Å². The van der Waals surface area contributed by atoms with Gasteiger partial charge < -0.3 is 24.6 Å². The maximum Gasteiger partial charge on any atom is 0.317 e. The number of methoxy groups -OCH3 is 1. The zero-order valence-corrected chi connectivity index (χ0v) is 16.3. The van der Waals surface area contributed by atoms with Crippen LogP contribution in [0.25, 0.3) is 0 Å². The fourth-order valence-electron chi connectivity index (χ4n) is 3.71. The predicted molar refractivity (Wildman–Crippen MR) is 103 cm³/mol. The third kappa shape index (κ3) is 4.55. The number of ether oxygens (including phenoxy) is 2. The van der Waals surface area contributed by atoms with Gasteiger partial charge in [-0.25, -0.2) is 4.79 Å². The first-order valence-corrected chi connectivity index (χ1v) is 9.68. The second-order valence-electron chi connectivity index (χ2n) is 7.09. The first-order chi connectivity index (χ1) is 13.5. The number of benzene rings is 1. The van der Waals surface area contributed by atoms with Gasteiger partial charge in [0.1, 0.15) is 5.75 Å². The Hall–Kier alpha value is -2.77. The molecule has 2 heterocycles. The van der Waals surface area contributed by atoms with Gasteiger partial charge in [-0.2, -0.15) is 0 Å². The average Bonchev–Trinajstić information content (AvgIpc) is 3.08. The lowest BCUT2D eigenvalue weighted by Crippen LogP contribution is -2.50. The van der Waals surface area contributed by atoms with Crippen molar-refractivity contribution in [1.29, 1.82) is 0 Å². The first kappa shape index (κ1) is 20.0. The van der Waals surface area contributed by atoms with Crippen molar-refractivity contribution in [3.8, 4) is 5.75 Å². The van der Waals surface area contributed by atoms with E-state index in [1.807, 2.05) is 18.2 Å². The third-order valence-electron chi connectivity index (χ3n) is 5.15. The Morgan fingerprint density at radius 2 is 2.11 bits per heavy atom. The monoisotopic (exact) mass is 389 g/mol. The van der Waals surface area contributed by atoms with Crippen LogP contribution in [-0.4, -0.2) is 62.2 Å². The largest absolute Gasteiger partial charge is 0.497 e. The molecular weight excluding hydrogens is 362 g/mol. The molecule has 2 aliphatic heterocycles. The van der Waals surface area contributed by atoms with E-state index in [2.05, 4.69) is 5.32 Å². The van der Waals surface area contributed by atoms with Gasteiger partial charge in [-0.3, -0.25) is 9.59 Å². The minimum atomic E-state index is -0.280. The van der Waals surface area contributed by atoms with Crippen molar-refractivity contribution < 1.29 is 23.9 Å². The van der Waals surface area contributed by atoms with Crippen molar-refractivity contribution in [2.45, 2.75) is 32.2 Å². The molecule has 0 spiro atoms. The van der Waals surface area contributed by atoms with E-state index < -0.39 is 0 Å². The van der Waals surface area contributed by atoms with Gasteiger partial charge in [0.25, 0.3) is 0 Å². The van der Waals surface area contributed by atoms with Crippen LogP contribution in [0.1, 0.15) is 26.2 Å². The van der Waals surface area contributed by atoms with Crippen LogP contribution < -0.4 is 15.0 Å². The smallest absolute Gasteiger partial charge is 0.317 e. The summed E-state index contributed by atoms with van der Waals surface area (Å²) < 4.78 is 10.3. The fraction of sp³-hybridized carbons (Fsp3) is 0.550. The van der Waals surface area contributed by atoms with Crippen molar-refractivity contribution in [3.63, 3.8) is 0 Å². The molecule has 0 unspecified atom stereocenters. The summed E-state index contributed by atoms with van der Waals surface area (Å²) in [5.74, 6) is 0.107. The number of hydrogen-bond donors (Lipinski definition) is 1. The Labute approximate surface area is 164 Å². The predicted octanol–water partition coefficient (Wildman–Crippen LogP) is 1.79. The molecule has 0 saturated carbocycles. The van der Waals surface area contributed by atoms with Crippen LogP contribution in [0.5, 0.6) is 5.75 Å². The molecule has 0 aliphatic carbocycles. The Morgan fingerprint density at radius 1 is 1.29 bits per heavy atom. The van der Waals surface area contributed by atoms with E-state index in [0.29, 0.717) is 32.0 Å². The van der Waals surface area contributed by atoms with Crippen molar-refractivity contribution in [2.24, 2.45) is 5.92 Å². The zero-order chi connectivity index (χ0) is 20.1. The first-order valence-electron chi connectivity index (χ1n) is 9.68. The molecule has 2 saturated heterocycles. The summed E-state index contributed by atoms with van der Waals surface area (Å²) in [6.45, 7) is 3.47. The number of hydrogen-bond acceptors (Lipinski definition) is 5. The number of nitrogens with zero attached hydrogens (tertiary/aromatic N) is 2. The second kappa shape index (κ2) is 8.95. The molecule has 2 atom stereocenters. The van der Waals surface area contributed by atoms with E-state index in [-0.39, 0.29) is 36.3 Å². The molecule has 3 rings (SSSR count). The average molecular weight is 389 g/mol. The quantitative estimate of drug-likeness (QED) is 0.776. The number of likely N-dealkylation sites (tertiary alicyclic amines) is 1. The highest BCUT2D eigenvalue weighted by molar-refractivity contribution is 5.97. The summed E-state index contributed by atoms with van der Waals surface area (Å²) in [5, 5.41) is 2.94. The number of nitrogens with one attached hydrogen (secondary N) is 1. The van der Waals surface area contributed by atoms with Gasteiger partial charge in [-0.05, 0) is 31.9 Å². The normalized spacial score (nSPS) is 22.1. The SMILES string of the molecule is CCOC(=O)[C@@H]1CCCN(C(=O)N[C@@H]2CC(=O)N(c3cccc(OC)c3)C2)C1. The number of esters is 1. The number of amides is 3. The Bertz CT molecular complexity index is 738. The molecule has 0 bridgehead atoms. The number of rotatable bonds is 5. The van der Waals surface area contributed by atoms with E-state index in [9.17, 15) is 14.4 Å². The minimum Gasteiger partial charge on any atom is -0.497 e. The molecule has 0 aromatic heterocycles. The van der Waals surface area contributed by atoms with Crippen molar-refractivity contribution >= 4 is 23.6 Å². The van der Waals surface area contributed by atoms with E-state index in [4.69, 9.17) is 9.47 Å². The van der Waals surface area contributed by atoms with Crippen molar-refractivity contribution in [2.75, 3.05) is 38.3 Å². The summed E-state index contributed by atoms with van der Waals surface area (Å²) in [4.78, 5) is 40.3. The highest BCUT2D eigenvalue weighted by atomic mass is 16.5. The fourth-order valence-corrected chi connectivity index (χ4v) is 3.71. The van der Waals surface area contributed by atoms with Crippen LogP contribution in [0.15, 0.2) is 24.3 Å². The van der Waals surface area contributed by atoms with Crippen LogP contribution in [0, 0.1) is 5.92 Å².